The summed E-state index contributed by atoms with van der Waals surface area (Å²) in [6.45, 7) is 13.2. The molecule has 2 unspecified atom stereocenters. The third-order valence-electron chi connectivity index (χ3n) is 4.11. The SMILES string of the molecule is C=CCC1(NC(C)(C)CC)CCCC(C)C1. The lowest BCUT2D eigenvalue weighted by Crippen LogP contribution is -2.56. The van der Waals surface area contributed by atoms with Crippen LogP contribution in [0.15, 0.2) is 12.7 Å². The predicted molar refractivity (Wildman–Crippen MR) is 72.7 cm³/mol. The first kappa shape index (κ1) is 13.8. The second-order valence-corrected chi connectivity index (χ2v) is 6.34. The third kappa shape index (κ3) is 3.62. The van der Waals surface area contributed by atoms with E-state index < -0.39 is 0 Å². The average Bonchev–Trinajstić information content (AvgIpc) is 2.17. The van der Waals surface area contributed by atoms with Crippen molar-refractivity contribution in [3.8, 4) is 0 Å². The van der Waals surface area contributed by atoms with Crippen molar-refractivity contribution in [2.24, 2.45) is 5.92 Å². The Morgan fingerprint density at radius 3 is 2.69 bits per heavy atom. The van der Waals surface area contributed by atoms with Gasteiger partial charge in [-0.3, -0.25) is 0 Å². The first-order valence-corrected chi connectivity index (χ1v) is 6.83. The first-order chi connectivity index (χ1) is 7.43. The van der Waals surface area contributed by atoms with E-state index in [1.54, 1.807) is 0 Å². The molecule has 16 heavy (non-hydrogen) atoms. The molecular weight excluding hydrogens is 194 g/mol. The Balaban J connectivity index is 2.75. The van der Waals surface area contributed by atoms with Gasteiger partial charge in [0.1, 0.15) is 0 Å². The largest absolute Gasteiger partial charge is 0.306 e. The highest BCUT2D eigenvalue weighted by atomic mass is 15.0. The van der Waals surface area contributed by atoms with E-state index in [4.69, 9.17) is 0 Å². The Kier molecular flexibility index (Phi) is 4.61. The zero-order chi connectivity index (χ0) is 12.2. The summed E-state index contributed by atoms with van der Waals surface area (Å²) < 4.78 is 0. The molecule has 0 aromatic rings. The average molecular weight is 223 g/mol. The van der Waals surface area contributed by atoms with Crippen LogP contribution in [0.4, 0.5) is 0 Å². The van der Waals surface area contributed by atoms with Crippen LogP contribution in [0, 0.1) is 5.92 Å². The van der Waals surface area contributed by atoms with Crippen LogP contribution in [0.3, 0.4) is 0 Å². The van der Waals surface area contributed by atoms with Crippen molar-refractivity contribution >= 4 is 0 Å². The van der Waals surface area contributed by atoms with E-state index in [2.05, 4.69) is 45.7 Å². The molecule has 1 heteroatoms. The van der Waals surface area contributed by atoms with Crippen LogP contribution in [-0.2, 0) is 0 Å². The maximum atomic E-state index is 3.94. The minimum atomic E-state index is 0.250. The molecule has 0 aromatic heterocycles. The lowest BCUT2D eigenvalue weighted by Gasteiger charge is -2.46. The fourth-order valence-electron chi connectivity index (χ4n) is 3.09. The zero-order valence-electron chi connectivity index (χ0n) is 11.6. The van der Waals surface area contributed by atoms with Crippen LogP contribution in [0.1, 0.15) is 66.2 Å². The highest BCUT2D eigenvalue weighted by Crippen LogP contribution is 2.36. The normalized spacial score (nSPS) is 31.4. The molecule has 0 aromatic carbocycles. The van der Waals surface area contributed by atoms with Crippen molar-refractivity contribution in [3.05, 3.63) is 12.7 Å². The van der Waals surface area contributed by atoms with E-state index in [1.165, 1.54) is 32.1 Å². The van der Waals surface area contributed by atoms with Gasteiger partial charge in [-0.2, -0.15) is 0 Å². The van der Waals surface area contributed by atoms with Crippen LogP contribution in [0.25, 0.3) is 0 Å². The molecule has 1 aliphatic carbocycles. The summed E-state index contributed by atoms with van der Waals surface area (Å²) in [6.07, 6.45) is 9.77. The molecule has 1 fully saturated rings. The fourth-order valence-corrected chi connectivity index (χ4v) is 3.09. The van der Waals surface area contributed by atoms with E-state index in [0.29, 0.717) is 5.54 Å². The third-order valence-corrected chi connectivity index (χ3v) is 4.11. The van der Waals surface area contributed by atoms with Crippen molar-refractivity contribution in [3.63, 3.8) is 0 Å². The van der Waals surface area contributed by atoms with Crippen molar-refractivity contribution in [2.75, 3.05) is 0 Å². The van der Waals surface area contributed by atoms with Gasteiger partial charge in [0.25, 0.3) is 0 Å². The van der Waals surface area contributed by atoms with Crippen molar-refractivity contribution < 1.29 is 0 Å². The minimum absolute atomic E-state index is 0.250. The second-order valence-electron chi connectivity index (χ2n) is 6.34. The number of hydrogen-bond acceptors (Lipinski definition) is 1. The molecule has 0 aliphatic heterocycles. The lowest BCUT2D eigenvalue weighted by molar-refractivity contribution is 0.141. The van der Waals surface area contributed by atoms with E-state index in [9.17, 15) is 0 Å². The molecule has 0 saturated heterocycles. The van der Waals surface area contributed by atoms with Gasteiger partial charge in [-0.05, 0) is 45.4 Å². The highest BCUT2D eigenvalue weighted by Gasteiger charge is 2.37. The molecule has 1 saturated carbocycles. The van der Waals surface area contributed by atoms with Gasteiger partial charge in [-0.15, -0.1) is 6.58 Å². The van der Waals surface area contributed by atoms with Crippen LogP contribution in [0.2, 0.25) is 0 Å². The molecule has 0 radical (unpaired) electrons. The monoisotopic (exact) mass is 223 g/mol. The van der Waals surface area contributed by atoms with E-state index >= 15 is 0 Å². The van der Waals surface area contributed by atoms with Crippen molar-refractivity contribution in [2.45, 2.75) is 77.3 Å². The summed E-state index contributed by atoms with van der Waals surface area (Å²) >= 11 is 0. The summed E-state index contributed by atoms with van der Waals surface area (Å²) in [5, 5.41) is 3.92. The molecule has 0 spiro atoms. The Morgan fingerprint density at radius 2 is 2.19 bits per heavy atom. The van der Waals surface area contributed by atoms with Crippen molar-refractivity contribution in [1.82, 2.24) is 5.32 Å². The van der Waals surface area contributed by atoms with E-state index in [0.717, 1.165) is 12.3 Å². The molecule has 1 aliphatic rings. The number of rotatable bonds is 5. The van der Waals surface area contributed by atoms with E-state index in [1.807, 2.05) is 0 Å². The molecule has 1 N–H and O–H groups in total. The number of nitrogens with one attached hydrogen (secondary N) is 1. The van der Waals surface area contributed by atoms with Gasteiger partial charge in [-0.25, -0.2) is 0 Å². The minimum Gasteiger partial charge on any atom is -0.306 e. The summed E-state index contributed by atoms with van der Waals surface area (Å²) in [5.41, 5.74) is 0.568. The first-order valence-electron chi connectivity index (χ1n) is 6.83. The summed E-state index contributed by atoms with van der Waals surface area (Å²) in [6, 6.07) is 0. The molecule has 0 heterocycles. The van der Waals surface area contributed by atoms with Gasteiger partial charge >= 0.3 is 0 Å². The van der Waals surface area contributed by atoms with Crippen molar-refractivity contribution in [1.29, 1.82) is 0 Å². The predicted octanol–water partition coefficient (Wildman–Crippen LogP) is 4.29. The molecule has 94 valence electrons. The molecule has 0 amide bonds. The van der Waals surface area contributed by atoms with Crippen LogP contribution in [-0.4, -0.2) is 11.1 Å². The molecule has 2 atom stereocenters. The Bertz CT molecular complexity index is 232. The van der Waals surface area contributed by atoms with Crippen LogP contribution in [0.5, 0.6) is 0 Å². The van der Waals surface area contributed by atoms with Crippen LogP contribution >= 0.6 is 0 Å². The maximum Gasteiger partial charge on any atom is 0.0223 e. The zero-order valence-corrected chi connectivity index (χ0v) is 11.6. The second kappa shape index (κ2) is 5.35. The van der Waals surface area contributed by atoms with Crippen LogP contribution < -0.4 is 5.32 Å². The Labute approximate surface area is 102 Å². The van der Waals surface area contributed by atoms with Gasteiger partial charge < -0.3 is 5.32 Å². The lowest BCUT2D eigenvalue weighted by atomic mass is 9.73. The molecule has 1 nitrogen and oxygen atoms in total. The summed E-state index contributed by atoms with van der Waals surface area (Å²) in [5.74, 6) is 0.855. The molecule has 1 rings (SSSR count). The fraction of sp³-hybridized carbons (Fsp3) is 0.867. The topological polar surface area (TPSA) is 12.0 Å². The summed E-state index contributed by atoms with van der Waals surface area (Å²) in [7, 11) is 0. The maximum absolute atomic E-state index is 3.94. The van der Waals surface area contributed by atoms with Gasteiger partial charge in [0, 0.05) is 11.1 Å². The van der Waals surface area contributed by atoms with E-state index in [-0.39, 0.29) is 5.54 Å². The van der Waals surface area contributed by atoms with Gasteiger partial charge in [-0.1, -0.05) is 32.8 Å². The highest BCUT2D eigenvalue weighted by molar-refractivity contribution is 5.00. The molecule has 0 bridgehead atoms. The smallest absolute Gasteiger partial charge is 0.0223 e. The summed E-state index contributed by atoms with van der Waals surface area (Å²) in [4.78, 5) is 0. The van der Waals surface area contributed by atoms with Gasteiger partial charge in [0.05, 0.1) is 0 Å². The standard InChI is InChI=1S/C15H29N/c1-6-10-15(16-14(4,5)7-2)11-8-9-13(3)12-15/h6,13,16H,1,7-12H2,2-5H3. The molecular formula is C15H29N. The Morgan fingerprint density at radius 1 is 1.50 bits per heavy atom. The van der Waals surface area contributed by atoms with Gasteiger partial charge in [0.15, 0.2) is 0 Å². The van der Waals surface area contributed by atoms with Gasteiger partial charge in [0.2, 0.25) is 0 Å². The quantitative estimate of drug-likeness (QED) is 0.686. The Hall–Kier alpha value is -0.300. The number of hydrogen-bond donors (Lipinski definition) is 1.